The van der Waals surface area contributed by atoms with Crippen LogP contribution in [0.25, 0.3) is 0 Å². The van der Waals surface area contributed by atoms with Crippen LogP contribution in [0, 0.1) is 5.92 Å². The summed E-state index contributed by atoms with van der Waals surface area (Å²) in [5.74, 6) is 1.66. The zero-order chi connectivity index (χ0) is 15.5. The molecule has 0 spiro atoms. The van der Waals surface area contributed by atoms with E-state index in [9.17, 15) is 4.79 Å². The smallest absolute Gasteiger partial charge is 0.317 e. The molecular formula is C16H31N3OS. The summed E-state index contributed by atoms with van der Waals surface area (Å²) in [5.41, 5.74) is 0. The van der Waals surface area contributed by atoms with E-state index in [1.54, 1.807) is 0 Å². The summed E-state index contributed by atoms with van der Waals surface area (Å²) in [6.45, 7) is 10.6. The van der Waals surface area contributed by atoms with Crippen LogP contribution in [-0.4, -0.2) is 65.6 Å². The number of hydrogen-bond acceptors (Lipinski definition) is 3. The Morgan fingerprint density at radius 2 is 2.05 bits per heavy atom. The third-order valence-corrected chi connectivity index (χ3v) is 5.72. The maximum absolute atomic E-state index is 12.5. The number of likely N-dealkylation sites (tertiary alicyclic amines) is 2. The van der Waals surface area contributed by atoms with Gasteiger partial charge in [-0.2, -0.15) is 11.8 Å². The molecule has 5 heteroatoms. The third-order valence-electron chi connectivity index (χ3n) is 4.45. The number of amides is 2. The van der Waals surface area contributed by atoms with Gasteiger partial charge in [-0.05, 0) is 38.8 Å². The van der Waals surface area contributed by atoms with Crippen molar-refractivity contribution in [3.8, 4) is 0 Å². The van der Waals surface area contributed by atoms with Crippen molar-refractivity contribution < 1.29 is 4.79 Å². The lowest BCUT2D eigenvalue weighted by molar-refractivity contribution is 0.0536. The van der Waals surface area contributed by atoms with Crippen molar-refractivity contribution in [1.82, 2.24) is 15.1 Å². The second-order valence-electron chi connectivity index (χ2n) is 7.41. The van der Waals surface area contributed by atoms with Gasteiger partial charge in [-0.15, -0.1) is 0 Å². The van der Waals surface area contributed by atoms with Crippen LogP contribution in [0.1, 0.15) is 40.0 Å². The molecule has 0 aromatic rings. The maximum Gasteiger partial charge on any atom is 0.317 e. The average molecular weight is 314 g/mol. The van der Waals surface area contributed by atoms with Crippen molar-refractivity contribution in [2.45, 2.75) is 50.8 Å². The fraction of sp³-hybridized carbons (Fsp3) is 0.938. The molecule has 2 atom stereocenters. The minimum Gasteiger partial charge on any atom is -0.337 e. The largest absolute Gasteiger partial charge is 0.337 e. The van der Waals surface area contributed by atoms with Gasteiger partial charge in [0.25, 0.3) is 0 Å². The number of hydrogen-bond donors (Lipinski definition) is 1. The highest BCUT2D eigenvalue weighted by atomic mass is 32.2. The van der Waals surface area contributed by atoms with Crippen LogP contribution in [0.4, 0.5) is 4.79 Å². The van der Waals surface area contributed by atoms with Gasteiger partial charge in [0.2, 0.25) is 0 Å². The number of piperidine rings is 2. The predicted molar refractivity (Wildman–Crippen MR) is 90.9 cm³/mol. The Morgan fingerprint density at radius 1 is 1.29 bits per heavy atom. The molecule has 2 amide bonds. The molecule has 0 saturated carbocycles. The van der Waals surface area contributed by atoms with Gasteiger partial charge in [-0.25, -0.2) is 4.79 Å². The Bertz CT molecular complexity index is 356. The zero-order valence-electron chi connectivity index (χ0n) is 14.0. The SMILES string of the molecule is CN1CC[C@H]2[C@@H](CCCN2C(=O)NCCSC(C)(C)C)C1. The van der Waals surface area contributed by atoms with Crippen molar-refractivity contribution >= 4 is 17.8 Å². The molecule has 21 heavy (non-hydrogen) atoms. The first-order valence-corrected chi connectivity index (χ1v) is 9.22. The van der Waals surface area contributed by atoms with Gasteiger partial charge in [-0.1, -0.05) is 20.8 Å². The third kappa shape index (κ3) is 5.06. The molecule has 2 aliphatic rings. The Hall–Kier alpha value is -0.420. The van der Waals surface area contributed by atoms with Gasteiger partial charge < -0.3 is 15.1 Å². The van der Waals surface area contributed by atoms with Crippen LogP contribution < -0.4 is 5.32 Å². The van der Waals surface area contributed by atoms with Gasteiger partial charge in [0.05, 0.1) is 0 Å². The number of carbonyl (C=O) groups is 1. The van der Waals surface area contributed by atoms with E-state index in [4.69, 9.17) is 0 Å². The number of rotatable bonds is 3. The molecule has 0 radical (unpaired) electrons. The highest BCUT2D eigenvalue weighted by molar-refractivity contribution is 8.00. The van der Waals surface area contributed by atoms with Gasteiger partial charge in [0, 0.05) is 36.2 Å². The van der Waals surface area contributed by atoms with Crippen molar-refractivity contribution in [2.24, 2.45) is 5.92 Å². The molecule has 1 N–H and O–H groups in total. The topological polar surface area (TPSA) is 35.6 Å². The normalized spacial score (nSPS) is 27.3. The summed E-state index contributed by atoms with van der Waals surface area (Å²) in [5, 5.41) is 3.12. The lowest BCUT2D eigenvalue weighted by Gasteiger charge is -2.46. The van der Waals surface area contributed by atoms with Gasteiger partial charge >= 0.3 is 6.03 Å². The molecule has 0 bridgehead atoms. The molecule has 0 aromatic heterocycles. The van der Waals surface area contributed by atoms with Gasteiger partial charge in [0.1, 0.15) is 0 Å². The second-order valence-corrected chi connectivity index (χ2v) is 9.33. The minimum absolute atomic E-state index is 0.156. The van der Waals surface area contributed by atoms with Crippen molar-refractivity contribution in [1.29, 1.82) is 0 Å². The molecule has 2 fully saturated rings. The van der Waals surface area contributed by atoms with Crippen LogP contribution in [0.15, 0.2) is 0 Å². The Balaban J connectivity index is 1.78. The van der Waals surface area contributed by atoms with Crippen molar-refractivity contribution in [3.05, 3.63) is 0 Å². The summed E-state index contributed by atoms with van der Waals surface area (Å²) in [6.07, 6.45) is 3.56. The van der Waals surface area contributed by atoms with Crippen molar-refractivity contribution in [3.63, 3.8) is 0 Å². The van der Waals surface area contributed by atoms with E-state index in [1.165, 1.54) is 6.42 Å². The summed E-state index contributed by atoms with van der Waals surface area (Å²) in [6, 6.07) is 0.619. The summed E-state index contributed by atoms with van der Waals surface area (Å²) < 4.78 is 0.273. The maximum atomic E-state index is 12.5. The molecule has 2 saturated heterocycles. The van der Waals surface area contributed by atoms with Gasteiger partial charge in [-0.3, -0.25) is 0 Å². The van der Waals surface area contributed by atoms with E-state index in [2.05, 4.69) is 42.9 Å². The Morgan fingerprint density at radius 3 is 2.76 bits per heavy atom. The van der Waals surface area contributed by atoms with E-state index < -0.39 is 0 Å². The predicted octanol–water partition coefficient (Wildman–Crippen LogP) is 2.64. The number of nitrogens with zero attached hydrogens (tertiary/aromatic N) is 2. The van der Waals surface area contributed by atoms with Crippen LogP contribution in [0.3, 0.4) is 0 Å². The number of fused-ring (bicyclic) bond motifs is 1. The number of urea groups is 1. The number of carbonyl (C=O) groups excluding carboxylic acids is 1. The van der Waals surface area contributed by atoms with Crippen LogP contribution in [0.5, 0.6) is 0 Å². The quantitative estimate of drug-likeness (QED) is 0.814. The Kier molecular flexibility index (Phi) is 5.83. The molecule has 2 rings (SSSR count). The highest BCUT2D eigenvalue weighted by Crippen LogP contribution is 2.30. The molecule has 2 heterocycles. The van der Waals surface area contributed by atoms with Crippen LogP contribution in [-0.2, 0) is 0 Å². The molecule has 0 aromatic carbocycles. The molecule has 122 valence electrons. The summed E-state index contributed by atoms with van der Waals surface area (Å²) in [4.78, 5) is 17.0. The van der Waals surface area contributed by atoms with Gasteiger partial charge in [0.15, 0.2) is 0 Å². The molecule has 4 nitrogen and oxygen atoms in total. The average Bonchev–Trinajstić information content (AvgIpc) is 2.41. The van der Waals surface area contributed by atoms with E-state index in [-0.39, 0.29) is 10.8 Å². The lowest BCUT2D eigenvalue weighted by Crippen LogP contribution is -2.57. The van der Waals surface area contributed by atoms with E-state index >= 15 is 0 Å². The van der Waals surface area contributed by atoms with E-state index in [0.29, 0.717) is 12.0 Å². The van der Waals surface area contributed by atoms with Crippen LogP contribution >= 0.6 is 11.8 Å². The number of thioether (sulfide) groups is 1. The fourth-order valence-electron chi connectivity index (χ4n) is 3.45. The van der Waals surface area contributed by atoms with Crippen LogP contribution in [0.2, 0.25) is 0 Å². The molecule has 2 aliphatic heterocycles. The first kappa shape index (κ1) is 16.9. The summed E-state index contributed by atoms with van der Waals surface area (Å²) in [7, 11) is 2.19. The minimum atomic E-state index is 0.156. The highest BCUT2D eigenvalue weighted by Gasteiger charge is 2.37. The monoisotopic (exact) mass is 313 g/mol. The zero-order valence-corrected chi connectivity index (χ0v) is 14.8. The molecular weight excluding hydrogens is 282 g/mol. The lowest BCUT2D eigenvalue weighted by atomic mass is 9.84. The fourth-order valence-corrected chi connectivity index (χ4v) is 4.27. The van der Waals surface area contributed by atoms with E-state index in [0.717, 1.165) is 44.8 Å². The standard InChI is InChI=1S/C16H31N3OS/c1-16(2,3)21-11-8-17-15(20)19-9-5-6-13-12-18(4)10-7-14(13)19/h13-14H,5-12H2,1-4H3,(H,17,20)/t13-,14-/m0/s1. The summed E-state index contributed by atoms with van der Waals surface area (Å²) >= 11 is 1.91. The first-order valence-electron chi connectivity index (χ1n) is 8.24. The molecule has 0 unspecified atom stereocenters. The molecule has 0 aliphatic carbocycles. The number of nitrogens with one attached hydrogen (secondary N) is 1. The Labute approximate surface area is 134 Å². The second kappa shape index (κ2) is 7.23. The van der Waals surface area contributed by atoms with E-state index in [1.807, 2.05) is 11.8 Å². The first-order chi connectivity index (χ1) is 9.87. The van der Waals surface area contributed by atoms with Crippen molar-refractivity contribution in [2.75, 3.05) is 39.0 Å².